The number of carboxylic acids is 1. The van der Waals surface area contributed by atoms with Gasteiger partial charge in [0.05, 0.1) is 17.0 Å². The van der Waals surface area contributed by atoms with E-state index in [4.69, 9.17) is 16.7 Å². The third-order valence-electron chi connectivity index (χ3n) is 4.79. The number of unbranched alkanes of at least 4 members (excludes halogenated alkanes) is 1. The Kier molecular flexibility index (Phi) is 8.51. The summed E-state index contributed by atoms with van der Waals surface area (Å²) in [4.78, 5) is 35.3. The van der Waals surface area contributed by atoms with Gasteiger partial charge in [0.25, 0.3) is 11.8 Å². The quantitative estimate of drug-likeness (QED) is 0.383. The molecule has 0 fully saturated rings. The van der Waals surface area contributed by atoms with Crippen molar-refractivity contribution < 1.29 is 19.5 Å². The molecule has 2 amide bonds. The lowest BCUT2D eigenvalue weighted by molar-refractivity contribution is -0.136. The first-order valence-corrected chi connectivity index (χ1v) is 11.6. The molecule has 33 heavy (non-hydrogen) atoms. The molecule has 0 aliphatic heterocycles. The molecule has 0 bridgehead atoms. The number of carboxylic acid groups (broad SMARTS) is 1. The zero-order chi connectivity index (χ0) is 23.8. The van der Waals surface area contributed by atoms with E-state index in [1.165, 1.54) is 11.3 Å². The van der Waals surface area contributed by atoms with Gasteiger partial charge in [0, 0.05) is 17.7 Å². The maximum atomic E-state index is 12.7. The van der Waals surface area contributed by atoms with E-state index in [2.05, 4.69) is 27.8 Å². The molecule has 3 aromatic rings. The van der Waals surface area contributed by atoms with Crippen LogP contribution in [0.5, 0.6) is 0 Å². The van der Waals surface area contributed by atoms with Crippen LogP contribution in [0, 0.1) is 0 Å². The van der Waals surface area contributed by atoms with Crippen LogP contribution in [0.2, 0.25) is 5.02 Å². The predicted octanol–water partition coefficient (Wildman–Crippen LogP) is 4.66. The van der Waals surface area contributed by atoms with Gasteiger partial charge in [0.15, 0.2) is 0 Å². The number of hydrogen-bond donors (Lipinski definition) is 3. The van der Waals surface area contributed by atoms with E-state index in [0.717, 1.165) is 30.4 Å². The summed E-state index contributed by atoms with van der Waals surface area (Å²) in [6, 6.07) is 12.1. The molecule has 3 rings (SSSR count). The number of aromatic nitrogens is 2. The van der Waals surface area contributed by atoms with Crippen LogP contribution >= 0.6 is 22.9 Å². The Balaban J connectivity index is 1.65. The number of aliphatic carboxylic acids is 1. The fourth-order valence-corrected chi connectivity index (χ4v) is 4.07. The van der Waals surface area contributed by atoms with Crippen molar-refractivity contribution in [3.63, 3.8) is 0 Å². The first-order chi connectivity index (χ1) is 15.9. The number of rotatable bonds is 10. The van der Waals surface area contributed by atoms with Gasteiger partial charge in [-0.1, -0.05) is 60.5 Å². The smallest absolute Gasteiger partial charge is 0.305 e. The van der Waals surface area contributed by atoms with E-state index in [9.17, 15) is 14.4 Å². The standard InChI is InChI=1S/C23H23ClN4O4S/c1-2-3-5-14-6-4-7-17(19(14)24)21(32)26-23-28-27-22(33-23)16-10-8-15(9-11-16)20(31)25-13-12-18(29)30/h4,6-11H,2-3,5,12-13H2,1H3,(H,25,31)(H,29,30)(H,26,28,32). The molecular weight excluding hydrogens is 464 g/mol. The van der Waals surface area contributed by atoms with Crippen LogP contribution in [-0.2, 0) is 11.2 Å². The molecular formula is C23H23ClN4O4S. The summed E-state index contributed by atoms with van der Waals surface area (Å²) in [5, 5.41) is 23.4. The van der Waals surface area contributed by atoms with Crippen molar-refractivity contribution in [3.05, 3.63) is 64.2 Å². The second-order valence-electron chi connectivity index (χ2n) is 7.23. The molecule has 3 N–H and O–H groups in total. The molecule has 1 aromatic heterocycles. The highest BCUT2D eigenvalue weighted by Gasteiger charge is 2.16. The molecule has 0 aliphatic rings. The number of anilines is 1. The van der Waals surface area contributed by atoms with Gasteiger partial charge in [0.2, 0.25) is 5.13 Å². The minimum atomic E-state index is -0.976. The average Bonchev–Trinajstić information content (AvgIpc) is 3.26. The molecule has 0 unspecified atom stereocenters. The van der Waals surface area contributed by atoms with Crippen LogP contribution in [0.25, 0.3) is 10.6 Å². The van der Waals surface area contributed by atoms with Crippen molar-refractivity contribution in [3.8, 4) is 10.6 Å². The summed E-state index contributed by atoms with van der Waals surface area (Å²) in [6.07, 6.45) is 2.70. The number of aryl methyl sites for hydroxylation is 1. The molecule has 0 radical (unpaired) electrons. The highest BCUT2D eigenvalue weighted by Crippen LogP contribution is 2.28. The highest BCUT2D eigenvalue weighted by atomic mass is 35.5. The maximum absolute atomic E-state index is 12.7. The van der Waals surface area contributed by atoms with Crippen LogP contribution in [0.1, 0.15) is 52.5 Å². The van der Waals surface area contributed by atoms with Crippen LogP contribution in [0.3, 0.4) is 0 Å². The second-order valence-corrected chi connectivity index (χ2v) is 8.58. The fraction of sp³-hybridized carbons (Fsp3) is 0.261. The first-order valence-electron chi connectivity index (χ1n) is 10.4. The molecule has 2 aromatic carbocycles. The SMILES string of the molecule is CCCCc1cccc(C(=O)Nc2nnc(-c3ccc(C(=O)NCCC(=O)O)cc3)s2)c1Cl. The lowest BCUT2D eigenvalue weighted by Crippen LogP contribution is -2.25. The Hall–Kier alpha value is -3.30. The molecule has 0 aliphatic carbocycles. The average molecular weight is 487 g/mol. The summed E-state index contributed by atoms with van der Waals surface area (Å²) in [7, 11) is 0. The van der Waals surface area contributed by atoms with Crippen LogP contribution in [0.15, 0.2) is 42.5 Å². The molecule has 8 nitrogen and oxygen atoms in total. The van der Waals surface area contributed by atoms with Gasteiger partial charge in [-0.05, 0) is 36.6 Å². The minimum Gasteiger partial charge on any atom is -0.481 e. The molecule has 0 spiro atoms. The Morgan fingerprint density at radius 1 is 1.06 bits per heavy atom. The second kappa shape index (κ2) is 11.5. The molecule has 0 saturated carbocycles. The predicted molar refractivity (Wildman–Crippen MR) is 128 cm³/mol. The third-order valence-corrected chi connectivity index (χ3v) is 6.12. The van der Waals surface area contributed by atoms with Crippen molar-refractivity contribution in [2.24, 2.45) is 0 Å². The lowest BCUT2D eigenvalue weighted by atomic mass is 10.0. The minimum absolute atomic E-state index is 0.0565. The van der Waals surface area contributed by atoms with Crippen LogP contribution in [-0.4, -0.2) is 39.6 Å². The number of halogens is 1. The van der Waals surface area contributed by atoms with Crippen LogP contribution in [0.4, 0.5) is 5.13 Å². The number of carbonyl (C=O) groups is 3. The fourth-order valence-electron chi connectivity index (χ4n) is 3.02. The summed E-state index contributed by atoms with van der Waals surface area (Å²) < 4.78 is 0. The van der Waals surface area contributed by atoms with Gasteiger partial charge < -0.3 is 10.4 Å². The van der Waals surface area contributed by atoms with E-state index >= 15 is 0 Å². The van der Waals surface area contributed by atoms with Crippen molar-refractivity contribution in [1.29, 1.82) is 0 Å². The summed E-state index contributed by atoms with van der Waals surface area (Å²) in [5.41, 5.74) is 2.46. The van der Waals surface area contributed by atoms with Crippen molar-refractivity contribution in [1.82, 2.24) is 15.5 Å². The molecule has 1 heterocycles. The van der Waals surface area contributed by atoms with E-state index in [1.54, 1.807) is 30.3 Å². The molecule has 172 valence electrons. The topological polar surface area (TPSA) is 121 Å². The Morgan fingerprint density at radius 2 is 1.82 bits per heavy atom. The van der Waals surface area contributed by atoms with E-state index < -0.39 is 5.97 Å². The number of hydrogen-bond acceptors (Lipinski definition) is 6. The monoisotopic (exact) mass is 486 g/mol. The number of nitrogens with zero attached hydrogens (tertiary/aromatic N) is 2. The Labute approximate surface area is 200 Å². The lowest BCUT2D eigenvalue weighted by Gasteiger charge is -2.08. The Bertz CT molecular complexity index is 1150. The van der Waals surface area contributed by atoms with Gasteiger partial charge >= 0.3 is 5.97 Å². The number of carbonyl (C=O) groups excluding carboxylic acids is 2. The summed E-state index contributed by atoms with van der Waals surface area (Å²) >= 11 is 7.64. The van der Waals surface area contributed by atoms with Gasteiger partial charge in [-0.15, -0.1) is 10.2 Å². The largest absolute Gasteiger partial charge is 0.481 e. The van der Waals surface area contributed by atoms with Gasteiger partial charge in [-0.25, -0.2) is 0 Å². The van der Waals surface area contributed by atoms with Gasteiger partial charge in [-0.2, -0.15) is 0 Å². The third kappa shape index (κ3) is 6.59. The van der Waals surface area contributed by atoms with Crippen molar-refractivity contribution >= 4 is 45.9 Å². The van der Waals surface area contributed by atoms with Crippen molar-refractivity contribution in [2.75, 3.05) is 11.9 Å². The summed E-state index contributed by atoms with van der Waals surface area (Å²) in [5.74, 6) is -1.68. The molecule has 0 saturated heterocycles. The highest BCUT2D eigenvalue weighted by molar-refractivity contribution is 7.18. The van der Waals surface area contributed by atoms with E-state index in [-0.39, 0.29) is 24.8 Å². The van der Waals surface area contributed by atoms with Gasteiger partial charge in [0.1, 0.15) is 5.01 Å². The number of amides is 2. The molecule has 10 heteroatoms. The number of nitrogens with one attached hydrogen (secondary N) is 2. The maximum Gasteiger partial charge on any atom is 0.305 e. The van der Waals surface area contributed by atoms with Crippen LogP contribution < -0.4 is 10.6 Å². The van der Waals surface area contributed by atoms with E-state index in [0.29, 0.717) is 26.3 Å². The first kappa shape index (κ1) is 24.3. The summed E-state index contributed by atoms with van der Waals surface area (Å²) in [6.45, 7) is 2.16. The van der Waals surface area contributed by atoms with E-state index in [1.807, 2.05) is 12.1 Å². The number of benzene rings is 2. The van der Waals surface area contributed by atoms with Crippen molar-refractivity contribution in [2.45, 2.75) is 32.6 Å². The normalized spacial score (nSPS) is 10.6. The Morgan fingerprint density at radius 3 is 2.52 bits per heavy atom. The zero-order valence-corrected chi connectivity index (χ0v) is 19.5. The van der Waals surface area contributed by atoms with Gasteiger partial charge in [-0.3, -0.25) is 19.7 Å². The molecule has 0 atom stereocenters. The zero-order valence-electron chi connectivity index (χ0n) is 17.9.